The molecule has 0 saturated heterocycles. The first-order valence-electron chi connectivity index (χ1n) is 7.72. The van der Waals surface area contributed by atoms with Gasteiger partial charge in [0.1, 0.15) is 5.82 Å². The molecule has 3 rings (SSSR count). The molecule has 0 aromatic heterocycles. The maximum absolute atomic E-state index is 13.1. The first kappa shape index (κ1) is 14.3. The van der Waals surface area contributed by atoms with Crippen LogP contribution < -0.4 is 5.32 Å². The van der Waals surface area contributed by atoms with Gasteiger partial charge in [-0.2, -0.15) is 0 Å². The zero-order chi connectivity index (χ0) is 14.7. The number of nitrogens with one attached hydrogen (secondary N) is 1. The SMILES string of the molecule is CNC(Cc1ccc(F)cc1)C1(c2ccccc2)CCC1. The van der Waals surface area contributed by atoms with Gasteiger partial charge in [-0.1, -0.05) is 48.9 Å². The summed E-state index contributed by atoms with van der Waals surface area (Å²) in [6, 6.07) is 18.1. The standard InChI is InChI=1S/C19H22FN/c1-21-18(14-15-8-10-17(20)11-9-15)19(12-5-13-19)16-6-3-2-4-7-16/h2-4,6-11,18,21H,5,12-14H2,1H3. The fraction of sp³-hybridized carbons (Fsp3) is 0.368. The van der Waals surface area contributed by atoms with Gasteiger partial charge in [-0.3, -0.25) is 0 Å². The molecule has 0 spiro atoms. The van der Waals surface area contributed by atoms with Gasteiger partial charge in [0.05, 0.1) is 0 Å². The van der Waals surface area contributed by atoms with Crippen molar-refractivity contribution in [2.45, 2.75) is 37.1 Å². The van der Waals surface area contributed by atoms with Gasteiger partial charge >= 0.3 is 0 Å². The van der Waals surface area contributed by atoms with Gasteiger partial charge < -0.3 is 5.32 Å². The molecule has 21 heavy (non-hydrogen) atoms. The summed E-state index contributed by atoms with van der Waals surface area (Å²) in [5, 5.41) is 3.51. The monoisotopic (exact) mass is 283 g/mol. The maximum atomic E-state index is 13.1. The molecule has 0 amide bonds. The van der Waals surface area contributed by atoms with Crippen molar-refractivity contribution >= 4 is 0 Å². The molecular weight excluding hydrogens is 261 g/mol. The number of benzene rings is 2. The summed E-state index contributed by atoms with van der Waals surface area (Å²) in [4.78, 5) is 0. The predicted octanol–water partition coefficient (Wildman–Crippen LogP) is 4.08. The maximum Gasteiger partial charge on any atom is 0.123 e. The topological polar surface area (TPSA) is 12.0 Å². The molecular formula is C19H22FN. The number of likely N-dealkylation sites (N-methyl/N-ethyl adjacent to an activating group) is 1. The number of hydrogen-bond acceptors (Lipinski definition) is 1. The van der Waals surface area contributed by atoms with Crippen LogP contribution >= 0.6 is 0 Å². The molecule has 110 valence electrons. The molecule has 1 unspecified atom stereocenters. The minimum Gasteiger partial charge on any atom is -0.316 e. The van der Waals surface area contributed by atoms with Crippen LogP contribution in [0.15, 0.2) is 54.6 Å². The smallest absolute Gasteiger partial charge is 0.123 e. The Hall–Kier alpha value is -1.67. The molecule has 2 aromatic rings. The fourth-order valence-electron chi connectivity index (χ4n) is 3.60. The summed E-state index contributed by atoms with van der Waals surface area (Å²) in [5.74, 6) is -0.166. The highest BCUT2D eigenvalue weighted by Crippen LogP contribution is 2.47. The zero-order valence-corrected chi connectivity index (χ0v) is 12.5. The van der Waals surface area contributed by atoms with Crippen LogP contribution in [0.3, 0.4) is 0 Å². The quantitative estimate of drug-likeness (QED) is 0.872. The van der Waals surface area contributed by atoms with E-state index in [-0.39, 0.29) is 11.2 Å². The van der Waals surface area contributed by atoms with E-state index in [0.29, 0.717) is 6.04 Å². The van der Waals surface area contributed by atoms with E-state index in [4.69, 9.17) is 0 Å². The predicted molar refractivity (Wildman–Crippen MR) is 84.9 cm³/mol. The van der Waals surface area contributed by atoms with E-state index in [1.807, 2.05) is 19.2 Å². The zero-order valence-electron chi connectivity index (χ0n) is 12.5. The lowest BCUT2D eigenvalue weighted by Crippen LogP contribution is -2.52. The van der Waals surface area contributed by atoms with Crippen LogP contribution in [0.4, 0.5) is 4.39 Å². The van der Waals surface area contributed by atoms with Gasteiger partial charge in [-0.15, -0.1) is 0 Å². The third-order valence-electron chi connectivity index (χ3n) is 4.96. The molecule has 1 aliphatic rings. The number of halogens is 1. The Morgan fingerprint density at radius 2 is 1.71 bits per heavy atom. The summed E-state index contributed by atoms with van der Waals surface area (Å²) in [7, 11) is 2.04. The van der Waals surface area contributed by atoms with Crippen LogP contribution in [0.5, 0.6) is 0 Å². The van der Waals surface area contributed by atoms with E-state index in [1.165, 1.54) is 30.4 Å². The van der Waals surface area contributed by atoms with Crippen LogP contribution in [0, 0.1) is 5.82 Å². The Kier molecular flexibility index (Phi) is 4.07. The fourth-order valence-corrected chi connectivity index (χ4v) is 3.60. The van der Waals surface area contributed by atoms with Crippen molar-refractivity contribution in [1.29, 1.82) is 0 Å². The first-order chi connectivity index (χ1) is 10.2. The largest absolute Gasteiger partial charge is 0.316 e. The molecule has 0 aliphatic heterocycles. The van der Waals surface area contributed by atoms with Gasteiger partial charge in [-0.05, 0) is 49.6 Å². The van der Waals surface area contributed by atoms with Crippen LogP contribution in [-0.2, 0) is 11.8 Å². The summed E-state index contributed by atoms with van der Waals surface area (Å²) < 4.78 is 13.1. The third-order valence-corrected chi connectivity index (χ3v) is 4.96. The van der Waals surface area contributed by atoms with Crippen LogP contribution in [0.25, 0.3) is 0 Å². The Labute approximate surface area is 126 Å². The Bertz CT molecular complexity index is 572. The van der Waals surface area contributed by atoms with Gasteiger partial charge in [0, 0.05) is 11.5 Å². The second-order valence-corrected chi connectivity index (χ2v) is 6.05. The van der Waals surface area contributed by atoms with Gasteiger partial charge in [0.15, 0.2) is 0 Å². The molecule has 0 radical (unpaired) electrons. The Morgan fingerprint density at radius 1 is 1.05 bits per heavy atom. The van der Waals surface area contributed by atoms with Crippen molar-refractivity contribution in [3.63, 3.8) is 0 Å². The molecule has 1 N–H and O–H groups in total. The van der Waals surface area contributed by atoms with Crippen molar-refractivity contribution in [3.05, 3.63) is 71.5 Å². The number of rotatable bonds is 5. The minimum atomic E-state index is -0.166. The summed E-state index contributed by atoms with van der Waals surface area (Å²) in [5.41, 5.74) is 2.85. The average Bonchev–Trinajstić information content (AvgIpc) is 2.48. The van der Waals surface area contributed by atoms with E-state index in [1.54, 1.807) is 12.1 Å². The van der Waals surface area contributed by atoms with Crippen LogP contribution in [-0.4, -0.2) is 13.1 Å². The molecule has 2 heteroatoms. The van der Waals surface area contributed by atoms with Crippen LogP contribution in [0.2, 0.25) is 0 Å². The molecule has 1 saturated carbocycles. The minimum absolute atomic E-state index is 0.166. The Morgan fingerprint density at radius 3 is 2.24 bits per heavy atom. The lowest BCUT2D eigenvalue weighted by atomic mass is 9.59. The van der Waals surface area contributed by atoms with Gasteiger partial charge in [0.25, 0.3) is 0 Å². The second-order valence-electron chi connectivity index (χ2n) is 6.05. The first-order valence-corrected chi connectivity index (χ1v) is 7.72. The average molecular weight is 283 g/mol. The molecule has 0 heterocycles. The van der Waals surface area contributed by atoms with Crippen molar-refractivity contribution in [3.8, 4) is 0 Å². The molecule has 1 atom stereocenters. The highest BCUT2D eigenvalue weighted by Gasteiger charge is 2.44. The highest BCUT2D eigenvalue weighted by molar-refractivity contribution is 5.32. The molecule has 2 aromatic carbocycles. The third kappa shape index (κ3) is 2.73. The van der Waals surface area contributed by atoms with E-state index in [9.17, 15) is 4.39 Å². The van der Waals surface area contributed by atoms with Crippen molar-refractivity contribution < 1.29 is 4.39 Å². The molecule has 0 bridgehead atoms. The highest BCUT2D eigenvalue weighted by atomic mass is 19.1. The Balaban J connectivity index is 1.85. The van der Waals surface area contributed by atoms with Crippen molar-refractivity contribution in [1.82, 2.24) is 5.32 Å². The van der Waals surface area contributed by atoms with E-state index in [0.717, 1.165) is 6.42 Å². The lowest BCUT2D eigenvalue weighted by molar-refractivity contribution is 0.174. The van der Waals surface area contributed by atoms with Gasteiger partial charge in [-0.25, -0.2) is 4.39 Å². The van der Waals surface area contributed by atoms with Crippen molar-refractivity contribution in [2.24, 2.45) is 0 Å². The van der Waals surface area contributed by atoms with E-state index >= 15 is 0 Å². The summed E-state index contributed by atoms with van der Waals surface area (Å²) in [6.07, 6.45) is 4.68. The second kappa shape index (κ2) is 5.98. The molecule has 1 nitrogen and oxygen atoms in total. The lowest BCUT2D eigenvalue weighted by Gasteiger charge is -2.48. The summed E-state index contributed by atoms with van der Waals surface area (Å²) in [6.45, 7) is 0. The molecule has 1 fully saturated rings. The molecule has 1 aliphatic carbocycles. The van der Waals surface area contributed by atoms with Crippen LogP contribution in [0.1, 0.15) is 30.4 Å². The van der Waals surface area contributed by atoms with Crippen molar-refractivity contribution in [2.75, 3.05) is 7.05 Å². The number of hydrogen-bond donors (Lipinski definition) is 1. The van der Waals surface area contributed by atoms with E-state index in [2.05, 4.69) is 35.6 Å². The van der Waals surface area contributed by atoms with Gasteiger partial charge in [0.2, 0.25) is 0 Å². The summed E-state index contributed by atoms with van der Waals surface area (Å²) >= 11 is 0. The normalized spacial score (nSPS) is 18.0. The van der Waals surface area contributed by atoms with E-state index < -0.39 is 0 Å².